The van der Waals surface area contributed by atoms with Gasteiger partial charge in [0.2, 0.25) is 0 Å². The summed E-state index contributed by atoms with van der Waals surface area (Å²) in [4.78, 5) is 38.0. The molecule has 1 amide bonds. The largest absolute Gasteiger partial charge is 0.467 e. The summed E-state index contributed by atoms with van der Waals surface area (Å²) in [5.74, 6) is 1.28. The highest BCUT2D eigenvalue weighted by Crippen LogP contribution is 2.42. The summed E-state index contributed by atoms with van der Waals surface area (Å²) in [6.45, 7) is 13.7. The molecule has 8 nitrogen and oxygen atoms in total. The number of esters is 1. The van der Waals surface area contributed by atoms with Crippen LogP contribution in [-0.2, 0) is 14.9 Å². The summed E-state index contributed by atoms with van der Waals surface area (Å²) >= 11 is 1.15. The van der Waals surface area contributed by atoms with Crippen LogP contribution in [0.4, 0.5) is 11.6 Å². The van der Waals surface area contributed by atoms with Crippen molar-refractivity contribution < 1.29 is 14.3 Å². The summed E-state index contributed by atoms with van der Waals surface area (Å²) in [7, 11) is 1.41. The average molecular weight is 512 g/mol. The van der Waals surface area contributed by atoms with Gasteiger partial charge >= 0.3 is 5.97 Å². The zero-order valence-electron chi connectivity index (χ0n) is 22.2. The Hall–Kier alpha value is -2.81. The van der Waals surface area contributed by atoms with Crippen LogP contribution in [0.2, 0.25) is 0 Å². The van der Waals surface area contributed by atoms with Crippen LogP contribution in [0.1, 0.15) is 70.4 Å². The molecule has 0 aromatic carbocycles. The van der Waals surface area contributed by atoms with Crippen LogP contribution < -0.4 is 14.9 Å². The number of carbonyl (C=O) groups is 2. The van der Waals surface area contributed by atoms with Crippen LogP contribution >= 0.6 is 11.9 Å². The van der Waals surface area contributed by atoms with Crippen molar-refractivity contribution >= 4 is 35.5 Å². The predicted molar refractivity (Wildman–Crippen MR) is 143 cm³/mol. The standard InChI is InChI=1S/C27H37N5O3S/c1-16-13-19(25(34)35-7)28-21-9-8-10-22(30-21)36-31-24(33)18-11-12-20(26(2,3)4)29-23(18)32-15-17(16)14-27(32,5)6/h8-12,16-17,19H,13-15H2,1-7H3,(H,28,30)(H,31,33). The lowest BCUT2D eigenvalue weighted by molar-refractivity contribution is -0.142. The molecule has 0 radical (unpaired) electrons. The smallest absolute Gasteiger partial charge is 0.328 e. The summed E-state index contributed by atoms with van der Waals surface area (Å²) in [5, 5.41) is 3.88. The number of carbonyl (C=O) groups excluding carboxylic acids is 2. The first-order valence-corrected chi connectivity index (χ1v) is 13.3. The first kappa shape index (κ1) is 26.3. The normalized spacial score (nSPS) is 24.0. The predicted octanol–water partition coefficient (Wildman–Crippen LogP) is 4.81. The molecule has 4 bridgehead atoms. The fourth-order valence-electron chi connectivity index (χ4n) is 5.11. The Morgan fingerprint density at radius 1 is 1.19 bits per heavy atom. The number of pyridine rings is 2. The van der Waals surface area contributed by atoms with Crippen LogP contribution in [0.15, 0.2) is 35.4 Å². The molecule has 0 spiro atoms. The molecular weight excluding hydrogens is 474 g/mol. The molecule has 3 atom stereocenters. The third kappa shape index (κ3) is 5.45. The van der Waals surface area contributed by atoms with Crippen molar-refractivity contribution in [1.82, 2.24) is 14.7 Å². The van der Waals surface area contributed by atoms with E-state index in [1.54, 1.807) is 0 Å². The lowest BCUT2D eigenvalue weighted by Crippen LogP contribution is -2.40. The van der Waals surface area contributed by atoms with Crippen molar-refractivity contribution in [1.29, 1.82) is 0 Å². The van der Waals surface area contributed by atoms with E-state index in [4.69, 9.17) is 9.72 Å². The Balaban J connectivity index is 1.80. The number of anilines is 2. The van der Waals surface area contributed by atoms with Crippen molar-refractivity contribution in [2.24, 2.45) is 11.8 Å². The molecule has 4 heterocycles. The number of hydrogen-bond donors (Lipinski definition) is 2. The summed E-state index contributed by atoms with van der Waals surface area (Å²) < 4.78 is 8.06. The number of aromatic nitrogens is 2. The SMILES string of the molecule is COC(=O)C1CC(C)C2CN(c3nc(C(C)(C)C)ccc3C(=O)NSc3cccc(n3)N1)C(C)(C)C2. The molecule has 2 aromatic heterocycles. The van der Waals surface area contributed by atoms with Crippen molar-refractivity contribution in [3.63, 3.8) is 0 Å². The summed E-state index contributed by atoms with van der Waals surface area (Å²) in [5.41, 5.74) is 1.13. The maximum Gasteiger partial charge on any atom is 0.328 e. The third-order valence-corrected chi connectivity index (χ3v) is 7.97. The molecule has 1 saturated heterocycles. The fraction of sp³-hybridized carbons (Fsp3) is 0.556. The van der Waals surface area contributed by atoms with E-state index >= 15 is 0 Å². The number of rotatable bonds is 1. The number of ether oxygens (including phenoxy) is 1. The second-order valence-electron chi connectivity index (χ2n) is 11.5. The quantitative estimate of drug-likeness (QED) is 0.416. The number of nitrogens with zero attached hydrogens (tertiary/aromatic N) is 3. The van der Waals surface area contributed by atoms with E-state index in [-0.39, 0.29) is 28.7 Å². The Morgan fingerprint density at radius 3 is 2.64 bits per heavy atom. The minimum atomic E-state index is -0.521. The number of hydrogen-bond acceptors (Lipinski definition) is 8. The van der Waals surface area contributed by atoms with Crippen molar-refractivity contribution in [2.45, 2.75) is 76.4 Å². The zero-order valence-corrected chi connectivity index (χ0v) is 23.0. The highest BCUT2D eigenvalue weighted by molar-refractivity contribution is 7.97. The van der Waals surface area contributed by atoms with Gasteiger partial charge in [0.05, 0.1) is 12.7 Å². The van der Waals surface area contributed by atoms with Gasteiger partial charge in [0.15, 0.2) is 0 Å². The summed E-state index contributed by atoms with van der Waals surface area (Å²) in [6, 6.07) is 8.80. The van der Waals surface area contributed by atoms with Gasteiger partial charge in [0.25, 0.3) is 5.91 Å². The maximum atomic E-state index is 13.4. The summed E-state index contributed by atoms with van der Waals surface area (Å²) in [6.07, 6.45) is 1.53. The Labute approximate surface area is 218 Å². The Kier molecular flexibility index (Phi) is 7.23. The Morgan fingerprint density at radius 2 is 1.94 bits per heavy atom. The van der Waals surface area contributed by atoms with E-state index in [9.17, 15) is 9.59 Å². The van der Waals surface area contributed by atoms with Gasteiger partial charge in [-0.05, 0) is 62.8 Å². The molecule has 0 aliphatic carbocycles. The molecule has 1 fully saturated rings. The average Bonchev–Trinajstić information content (AvgIpc) is 3.15. The van der Waals surface area contributed by atoms with E-state index in [2.05, 4.69) is 61.5 Å². The van der Waals surface area contributed by atoms with Crippen LogP contribution in [0.25, 0.3) is 0 Å². The van der Waals surface area contributed by atoms with Crippen molar-refractivity contribution in [3.8, 4) is 0 Å². The third-order valence-electron chi connectivity index (χ3n) is 7.25. The number of nitrogens with one attached hydrogen (secondary N) is 2. The molecule has 2 aliphatic rings. The van der Waals surface area contributed by atoms with Crippen LogP contribution in [0, 0.1) is 11.8 Å². The molecule has 9 heteroatoms. The molecular formula is C27H37N5O3S. The second kappa shape index (κ2) is 9.92. The fourth-order valence-corrected chi connectivity index (χ4v) is 5.70. The maximum absolute atomic E-state index is 13.4. The minimum absolute atomic E-state index is 0.155. The monoisotopic (exact) mass is 511 g/mol. The van der Waals surface area contributed by atoms with Crippen LogP contribution in [-0.4, -0.2) is 47.1 Å². The first-order chi connectivity index (χ1) is 16.9. The van der Waals surface area contributed by atoms with Gasteiger partial charge < -0.3 is 15.0 Å². The lowest BCUT2D eigenvalue weighted by atomic mass is 9.84. The molecule has 2 aromatic rings. The van der Waals surface area contributed by atoms with Crippen molar-refractivity contribution in [2.75, 3.05) is 23.9 Å². The number of amides is 1. The van der Waals surface area contributed by atoms with E-state index in [0.29, 0.717) is 34.6 Å². The van der Waals surface area contributed by atoms with Gasteiger partial charge in [-0.3, -0.25) is 9.52 Å². The zero-order chi connectivity index (χ0) is 26.3. The number of methoxy groups -OCH3 is 1. The van der Waals surface area contributed by atoms with E-state index in [1.165, 1.54) is 7.11 Å². The topological polar surface area (TPSA) is 96.5 Å². The highest BCUT2D eigenvalue weighted by Gasteiger charge is 2.43. The van der Waals surface area contributed by atoms with Crippen LogP contribution in [0.5, 0.6) is 0 Å². The molecule has 2 aliphatic heterocycles. The van der Waals surface area contributed by atoms with E-state index in [0.717, 1.165) is 30.6 Å². The van der Waals surface area contributed by atoms with Gasteiger partial charge in [-0.1, -0.05) is 33.8 Å². The van der Waals surface area contributed by atoms with Crippen molar-refractivity contribution in [3.05, 3.63) is 41.6 Å². The molecule has 36 heavy (non-hydrogen) atoms. The van der Waals surface area contributed by atoms with Gasteiger partial charge in [-0.15, -0.1) is 0 Å². The van der Waals surface area contributed by atoms with E-state index in [1.807, 2.05) is 30.3 Å². The molecule has 0 saturated carbocycles. The Bertz CT molecular complexity index is 1150. The number of fused-ring (bicyclic) bond motifs is 6. The molecule has 2 N–H and O–H groups in total. The van der Waals surface area contributed by atoms with Gasteiger partial charge in [0, 0.05) is 35.1 Å². The van der Waals surface area contributed by atoms with Gasteiger partial charge in [-0.2, -0.15) is 0 Å². The second-order valence-corrected chi connectivity index (χ2v) is 12.4. The molecule has 4 rings (SSSR count). The molecule has 194 valence electrons. The first-order valence-electron chi connectivity index (χ1n) is 12.5. The van der Waals surface area contributed by atoms with Gasteiger partial charge in [-0.25, -0.2) is 14.8 Å². The highest BCUT2D eigenvalue weighted by atomic mass is 32.2. The lowest BCUT2D eigenvalue weighted by Gasteiger charge is -2.34. The van der Waals surface area contributed by atoms with Gasteiger partial charge in [0.1, 0.15) is 22.7 Å². The molecule has 3 unspecified atom stereocenters. The van der Waals surface area contributed by atoms with Crippen LogP contribution in [0.3, 0.4) is 0 Å². The van der Waals surface area contributed by atoms with E-state index < -0.39 is 6.04 Å². The minimum Gasteiger partial charge on any atom is -0.467 e.